The molecule has 0 aliphatic carbocycles. The molecule has 21 heavy (non-hydrogen) atoms. The molecule has 1 aromatic carbocycles. The van der Waals surface area contributed by atoms with E-state index in [0.29, 0.717) is 17.1 Å². The van der Waals surface area contributed by atoms with Crippen LogP contribution in [0.4, 0.5) is 13.2 Å². The Balaban J connectivity index is 2.50. The summed E-state index contributed by atoms with van der Waals surface area (Å²) in [4.78, 5) is 4.26. The van der Waals surface area contributed by atoms with Gasteiger partial charge in [0.2, 0.25) is 0 Å². The quantitative estimate of drug-likeness (QED) is 0.649. The summed E-state index contributed by atoms with van der Waals surface area (Å²) >= 11 is 5.92. The van der Waals surface area contributed by atoms with Gasteiger partial charge in [0.25, 0.3) is 0 Å². The Kier molecular flexibility index (Phi) is 3.09. The zero-order valence-corrected chi connectivity index (χ0v) is 11.8. The molecule has 0 saturated carbocycles. The fraction of sp³-hybridized carbons (Fsp3) is 0.250. The molecule has 0 aliphatic heterocycles. The molecule has 9 heteroatoms. The van der Waals surface area contributed by atoms with Gasteiger partial charge in [-0.25, -0.2) is 4.98 Å². The lowest BCUT2D eigenvalue weighted by Crippen LogP contribution is -2.21. The molecular weight excluding hydrogens is 303 g/mol. The predicted molar refractivity (Wildman–Crippen MR) is 74.3 cm³/mol. The number of rotatable bonds is 1. The molecule has 0 bridgehead atoms. The van der Waals surface area contributed by atoms with Crippen LogP contribution in [0.1, 0.15) is 11.3 Å². The first-order valence-corrected chi connectivity index (χ1v) is 6.42. The monoisotopic (exact) mass is 311 g/mol. The maximum Gasteiger partial charge on any atom is 0.416 e. The molecule has 0 unspecified atom stereocenters. The molecule has 4 nitrogen and oxygen atoms in total. The number of imidazole rings is 1. The van der Waals surface area contributed by atoms with E-state index in [2.05, 4.69) is 15.2 Å². The second kappa shape index (κ2) is 4.59. The molecule has 0 aliphatic rings. The molecule has 0 saturated heterocycles. The van der Waals surface area contributed by atoms with Crippen LogP contribution in [0.3, 0.4) is 0 Å². The maximum atomic E-state index is 13.0. The highest BCUT2D eigenvalue weighted by atomic mass is 35.5. The summed E-state index contributed by atoms with van der Waals surface area (Å²) in [5.41, 5.74) is 1.10. The number of aryl methyl sites for hydroxylation is 1. The fourth-order valence-electron chi connectivity index (χ4n) is 2.21. The van der Waals surface area contributed by atoms with Crippen molar-refractivity contribution in [3.63, 3.8) is 0 Å². The van der Waals surface area contributed by atoms with Crippen LogP contribution >= 0.6 is 11.6 Å². The van der Waals surface area contributed by atoms with Gasteiger partial charge in [0.05, 0.1) is 27.5 Å². The average molecular weight is 311 g/mol. The third-order valence-electron chi connectivity index (χ3n) is 3.16. The van der Waals surface area contributed by atoms with Gasteiger partial charge < -0.3 is 0 Å². The summed E-state index contributed by atoms with van der Waals surface area (Å²) in [5, 5.41) is 7.82. The van der Waals surface area contributed by atoms with Gasteiger partial charge in [0.15, 0.2) is 12.9 Å². The molecular formula is C12H8BClF3N4. The summed E-state index contributed by atoms with van der Waals surface area (Å²) in [6, 6.07) is 1.86. The largest absolute Gasteiger partial charge is 0.416 e. The minimum Gasteiger partial charge on any atom is -0.286 e. The lowest BCUT2D eigenvalue weighted by atomic mass is 9.81. The van der Waals surface area contributed by atoms with Crippen molar-refractivity contribution in [2.45, 2.75) is 19.9 Å². The Morgan fingerprint density at radius 1 is 1.24 bits per heavy atom. The van der Waals surface area contributed by atoms with Gasteiger partial charge in [-0.1, -0.05) is 18.4 Å². The van der Waals surface area contributed by atoms with Crippen LogP contribution < -0.4 is 5.72 Å². The molecule has 3 rings (SSSR count). The van der Waals surface area contributed by atoms with E-state index < -0.39 is 11.7 Å². The summed E-state index contributed by atoms with van der Waals surface area (Å²) in [6.07, 6.45) is -4.49. The lowest BCUT2D eigenvalue weighted by Gasteiger charge is -2.10. The summed E-state index contributed by atoms with van der Waals surface area (Å²) in [6.45, 7) is 3.47. The highest BCUT2D eigenvalue weighted by Crippen LogP contribution is 2.34. The van der Waals surface area contributed by atoms with E-state index in [1.165, 1.54) is 4.40 Å². The standard InChI is InChI=1S/C12H8BClF3N4/c1-5-10-20-19-9-7(14)3-6(12(15,16)17)4-8(9)21(10)11(13-2)18-5/h3-4H,1-2H3. The fourth-order valence-corrected chi connectivity index (χ4v) is 2.46. The first kappa shape index (κ1) is 14.1. The SMILES string of the molecule is C[B]c1nc(C)c2nnc3c(Cl)cc(C(F)(F)F)cc3n12. The molecule has 0 fully saturated rings. The minimum atomic E-state index is -4.49. The van der Waals surface area contributed by atoms with E-state index in [1.54, 1.807) is 21.0 Å². The van der Waals surface area contributed by atoms with Crippen molar-refractivity contribution in [2.75, 3.05) is 0 Å². The first-order chi connectivity index (χ1) is 9.82. The topological polar surface area (TPSA) is 43.1 Å². The number of alkyl halides is 3. The summed E-state index contributed by atoms with van der Waals surface area (Å²) < 4.78 is 40.4. The Labute approximate surface area is 123 Å². The smallest absolute Gasteiger partial charge is 0.286 e. The van der Waals surface area contributed by atoms with Crippen molar-refractivity contribution in [3.8, 4) is 0 Å². The van der Waals surface area contributed by atoms with Crippen molar-refractivity contribution in [1.29, 1.82) is 0 Å². The number of aromatic nitrogens is 4. The molecule has 107 valence electrons. The predicted octanol–water partition coefficient (Wildman–Crippen LogP) is 2.64. The van der Waals surface area contributed by atoms with Crippen LogP contribution in [0.5, 0.6) is 0 Å². The molecule has 2 heterocycles. The molecule has 1 radical (unpaired) electrons. The van der Waals surface area contributed by atoms with Gasteiger partial charge >= 0.3 is 6.18 Å². The number of hydrogen-bond acceptors (Lipinski definition) is 3. The van der Waals surface area contributed by atoms with Crippen molar-refractivity contribution < 1.29 is 13.2 Å². The Morgan fingerprint density at radius 2 is 1.95 bits per heavy atom. The van der Waals surface area contributed by atoms with E-state index >= 15 is 0 Å². The van der Waals surface area contributed by atoms with Crippen molar-refractivity contribution in [2.24, 2.45) is 0 Å². The Hall–Kier alpha value is -1.83. The Bertz CT molecular complexity index is 859. The van der Waals surface area contributed by atoms with Crippen LogP contribution in [-0.4, -0.2) is 26.9 Å². The van der Waals surface area contributed by atoms with Crippen molar-refractivity contribution in [1.82, 2.24) is 19.6 Å². The highest BCUT2D eigenvalue weighted by Gasteiger charge is 2.32. The van der Waals surface area contributed by atoms with Crippen LogP contribution in [-0.2, 0) is 6.18 Å². The van der Waals surface area contributed by atoms with Gasteiger partial charge in [0.1, 0.15) is 5.52 Å². The van der Waals surface area contributed by atoms with Gasteiger partial charge in [0, 0.05) is 0 Å². The summed E-state index contributed by atoms with van der Waals surface area (Å²) in [5.74, 6) is 0. The summed E-state index contributed by atoms with van der Waals surface area (Å²) in [7, 11) is 1.69. The average Bonchev–Trinajstić information content (AvgIpc) is 2.74. The third-order valence-corrected chi connectivity index (χ3v) is 3.45. The van der Waals surface area contributed by atoms with Crippen molar-refractivity contribution >= 4 is 41.3 Å². The van der Waals surface area contributed by atoms with Crippen LogP contribution in [0.15, 0.2) is 12.1 Å². The lowest BCUT2D eigenvalue weighted by molar-refractivity contribution is -0.137. The van der Waals surface area contributed by atoms with Crippen molar-refractivity contribution in [3.05, 3.63) is 28.4 Å². The van der Waals surface area contributed by atoms with Crippen LogP contribution in [0.2, 0.25) is 11.8 Å². The molecule has 0 amide bonds. The van der Waals surface area contributed by atoms with Gasteiger partial charge in [-0.05, 0) is 19.1 Å². The van der Waals surface area contributed by atoms with Crippen LogP contribution in [0, 0.1) is 6.92 Å². The van der Waals surface area contributed by atoms with E-state index in [-0.39, 0.29) is 16.1 Å². The third kappa shape index (κ3) is 2.14. The number of halogens is 4. The maximum absolute atomic E-state index is 13.0. The van der Waals surface area contributed by atoms with E-state index in [0.717, 1.165) is 12.1 Å². The second-order valence-corrected chi connectivity index (χ2v) is 4.93. The number of nitrogens with zero attached hydrogens (tertiary/aromatic N) is 4. The number of hydrogen-bond donors (Lipinski definition) is 0. The normalized spacial score (nSPS) is 12.3. The molecule has 0 spiro atoms. The van der Waals surface area contributed by atoms with E-state index in [1.807, 2.05) is 0 Å². The zero-order valence-electron chi connectivity index (χ0n) is 11.0. The minimum absolute atomic E-state index is 0.0948. The first-order valence-electron chi connectivity index (χ1n) is 6.04. The second-order valence-electron chi connectivity index (χ2n) is 4.53. The van der Waals surface area contributed by atoms with E-state index in [9.17, 15) is 13.2 Å². The zero-order chi connectivity index (χ0) is 15.4. The van der Waals surface area contributed by atoms with Gasteiger partial charge in [-0.2, -0.15) is 13.2 Å². The van der Waals surface area contributed by atoms with Crippen LogP contribution in [0.25, 0.3) is 16.7 Å². The molecule has 3 aromatic rings. The molecule has 2 aromatic heterocycles. The van der Waals surface area contributed by atoms with E-state index in [4.69, 9.17) is 11.6 Å². The number of fused-ring (bicyclic) bond motifs is 3. The number of benzene rings is 1. The molecule has 0 N–H and O–H groups in total. The van der Waals surface area contributed by atoms with Gasteiger partial charge in [-0.3, -0.25) is 4.40 Å². The molecule has 0 atom stereocenters. The highest BCUT2D eigenvalue weighted by molar-refractivity contribution is 6.50. The van der Waals surface area contributed by atoms with Gasteiger partial charge in [-0.15, -0.1) is 10.2 Å². The Morgan fingerprint density at radius 3 is 2.57 bits per heavy atom.